The van der Waals surface area contributed by atoms with Crippen LogP contribution in [0.1, 0.15) is 22.0 Å². The Morgan fingerprint density at radius 2 is 1.69 bits per heavy atom. The standard InChI is InChI=1S/C19H15FN4OS/c1-25-16-8-7-15-18(24-16)26-17(23-15)11-14-10-13(21-19(20)22-14)9-12-5-3-2-4-6-12/h2-8,10H,9,11H2,1H3. The highest BCUT2D eigenvalue weighted by Crippen LogP contribution is 2.24. The Kier molecular flexibility index (Phi) is 4.53. The number of nitrogens with zero attached hydrogens (tertiary/aromatic N) is 4. The molecule has 0 amide bonds. The van der Waals surface area contributed by atoms with Crippen LogP contribution in [0.5, 0.6) is 5.88 Å². The fraction of sp³-hybridized carbons (Fsp3) is 0.158. The van der Waals surface area contributed by atoms with Crippen molar-refractivity contribution >= 4 is 21.7 Å². The van der Waals surface area contributed by atoms with Gasteiger partial charge in [0.25, 0.3) is 0 Å². The van der Waals surface area contributed by atoms with Crippen LogP contribution in [-0.4, -0.2) is 27.0 Å². The summed E-state index contributed by atoms with van der Waals surface area (Å²) < 4.78 is 19.0. The van der Waals surface area contributed by atoms with Gasteiger partial charge in [-0.15, -0.1) is 0 Å². The van der Waals surface area contributed by atoms with E-state index in [1.165, 1.54) is 11.3 Å². The van der Waals surface area contributed by atoms with Gasteiger partial charge < -0.3 is 4.74 Å². The van der Waals surface area contributed by atoms with Gasteiger partial charge in [-0.2, -0.15) is 4.39 Å². The van der Waals surface area contributed by atoms with E-state index in [1.54, 1.807) is 13.2 Å². The van der Waals surface area contributed by atoms with Gasteiger partial charge in [0, 0.05) is 18.9 Å². The van der Waals surface area contributed by atoms with Crippen molar-refractivity contribution in [3.8, 4) is 5.88 Å². The Labute approximate surface area is 153 Å². The van der Waals surface area contributed by atoms with Gasteiger partial charge in [0.15, 0.2) is 0 Å². The number of hydrogen-bond acceptors (Lipinski definition) is 6. The van der Waals surface area contributed by atoms with Gasteiger partial charge in [0.2, 0.25) is 5.88 Å². The van der Waals surface area contributed by atoms with Crippen molar-refractivity contribution in [2.24, 2.45) is 0 Å². The summed E-state index contributed by atoms with van der Waals surface area (Å²) in [5.41, 5.74) is 3.13. The molecule has 0 saturated heterocycles. The summed E-state index contributed by atoms with van der Waals surface area (Å²) in [6.07, 6.45) is 0.283. The molecule has 0 N–H and O–H groups in total. The Balaban J connectivity index is 1.59. The highest BCUT2D eigenvalue weighted by atomic mass is 32.1. The van der Waals surface area contributed by atoms with E-state index in [0.29, 0.717) is 30.1 Å². The van der Waals surface area contributed by atoms with Crippen molar-refractivity contribution < 1.29 is 9.13 Å². The number of ether oxygens (including phenoxy) is 1. The largest absolute Gasteiger partial charge is 0.481 e. The zero-order chi connectivity index (χ0) is 17.9. The lowest BCUT2D eigenvalue weighted by molar-refractivity contribution is 0.400. The monoisotopic (exact) mass is 366 g/mol. The number of thiazole rings is 1. The summed E-state index contributed by atoms with van der Waals surface area (Å²) in [6.45, 7) is 0. The van der Waals surface area contributed by atoms with Crippen LogP contribution in [0.3, 0.4) is 0 Å². The predicted molar refractivity (Wildman–Crippen MR) is 98.0 cm³/mol. The number of fused-ring (bicyclic) bond motifs is 1. The normalized spacial score (nSPS) is 11.0. The third-order valence-electron chi connectivity index (χ3n) is 3.85. The average molecular weight is 366 g/mol. The fourth-order valence-electron chi connectivity index (χ4n) is 2.69. The second-order valence-electron chi connectivity index (χ2n) is 5.74. The first-order valence-corrected chi connectivity index (χ1v) is 8.88. The van der Waals surface area contributed by atoms with Gasteiger partial charge in [-0.1, -0.05) is 41.7 Å². The van der Waals surface area contributed by atoms with E-state index >= 15 is 0 Å². The minimum absolute atomic E-state index is 0.435. The van der Waals surface area contributed by atoms with E-state index in [2.05, 4.69) is 19.9 Å². The van der Waals surface area contributed by atoms with Gasteiger partial charge in [-0.3, -0.25) is 0 Å². The van der Waals surface area contributed by atoms with E-state index in [1.807, 2.05) is 42.5 Å². The minimum Gasteiger partial charge on any atom is -0.481 e. The Morgan fingerprint density at radius 1 is 0.923 bits per heavy atom. The van der Waals surface area contributed by atoms with Crippen molar-refractivity contribution in [3.63, 3.8) is 0 Å². The molecule has 0 fully saturated rings. The van der Waals surface area contributed by atoms with Crippen LogP contribution in [0.2, 0.25) is 0 Å². The Morgan fingerprint density at radius 3 is 2.46 bits per heavy atom. The summed E-state index contributed by atoms with van der Waals surface area (Å²) in [7, 11) is 1.58. The highest BCUT2D eigenvalue weighted by Gasteiger charge is 2.11. The molecular formula is C19H15FN4OS. The number of rotatable bonds is 5. The topological polar surface area (TPSA) is 60.8 Å². The molecule has 4 rings (SSSR count). The maximum Gasteiger partial charge on any atom is 0.309 e. The number of methoxy groups -OCH3 is 1. The summed E-state index contributed by atoms with van der Waals surface area (Å²) in [4.78, 5) is 17.5. The fourth-order valence-corrected chi connectivity index (χ4v) is 3.64. The molecule has 3 heterocycles. The molecule has 0 saturated carbocycles. The van der Waals surface area contributed by atoms with Gasteiger partial charge >= 0.3 is 6.08 Å². The van der Waals surface area contributed by atoms with Crippen molar-refractivity contribution in [2.45, 2.75) is 12.8 Å². The zero-order valence-electron chi connectivity index (χ0n) is 14.0. The first-order chi connectivity index (χ1) is 12.7. The molecule has 5 nitrogen and oxygen atoms in total. The molecule has 7 heteroatoms. The van der Waals surface area contributed by atoms with Crippen LogP contribution in [0, 0.1) is 6.08 Å². The average Bonchev–Trinajstić information content (AvgIpc) is 3.03. The molecule has 0 aliphatic rings. The number of halogens is 1. The quantitative estimate of drug-likeness (QED) is 0.503. The molecule has 1 aromatic carbocycles. The lowest BCUT2D eigenvalue weighted by Crippen LogP contribution is -2.02. The SMILES string of the molecule is COc1ccc2nc(Cc3cc(Cc4ccccc4)nc(F)n3)sc2n1. The Bertz CT molecular complexity index is 1050. The molecule has 0 atom stereocenters. The number of pyridine rings is 1. The van der Waals surface area contributed by atoms with E-state index in [9.17, 15) is 4.39 Å². The van der Waals surface area contributed by atoms with E-state index in [4.69, 9.17) is 4.74 Å². The minimum atomic E-state index is -0.714. The molecule has 0 spiro atoms. The van der Waals surface area contributed by atoms with Crippen molar-refractivity contribution in [1.82, 2.24) is 19.9 Å². The van der Waals surface area contributed by atoms with Crippen LogP contribution >= 0.6 is 11.3 Å². The van der Waals surface area contributed by atoms with Crippen molar-refractivity contribution in [1.29, 1.82) is 0 Å². The lowest BCUT2D eigenvalue weighted by Gasteiger charge is -2.04. The smallest absolute Gasteiger partial charge is 0.309 e. The van der Waals surface area contributed by atoms with E-state index in [0.717, 1.165) is 20.9 Å². The second-order valence-corrected chi connectivity index (χ2v) is 6.81. The highest BCUT2D eigenvalue weighted by molar-refractivity contribution is 7.18. The molecule has 130 valence electrons. The van der Waals surface area contributed by atoms with Crippen LogP contribution in [-0.2, 0) is 12.8 Å². The Hall–Kier alpha value is -2.93. The van der Waals surface area contributed by atoms with Gasteiger partial charge in [0.1, 0.15) is 15.4 Å². The lowest BCUT2D eigenvalue weighted by atomic mass is 10.1. The third kappa shape index (κ3) is 3.67. The molecule has 0 unspecified atom stereocenters. The van der Waals surface area contributed by atoms with E-state index < -0.39 is 6.08 Å². The molecule has 4 aromatic rings. The maximum atomic E-state index is 13.9. The second kappa shape index (κ2) is 7.13. The molecule has 0 radical (unpaired) electrons. The molecule has 0 aliphatic carbocycles. The van der Waals surface area contributed by atoms with Gasteiger partial charge in [0.05, 0.1) is 18.5 Å². The summed E-state index contributed by atoms with van der Waals surface area (Å²) >= 11 is 1.45. The number of hydrogen-bond donors (Lipinski definition) is 0. The third-order valence-corrected chi connectivity index (χ3v) is 4.81. The summed E-state index contributed by atoms with van der Waals surface area (Å²) in [5, 5.41) is 0.824. The molecule has 3 aromatic heterocycles. The van der Waals surface area contributed by atoms with Crippen LogP contribution < -0.4 is 4.74 Å². The van der Waals surface area contributed by atoms with Crippen molar-refractivity contribution in [3.05, 3.63) is 76.6 Å². The first kappa shape index (κ1) is 16.5. The molecule has 0 bridgehead atoms. The molecule has 0 aliphatic heterocycles. The van der Waals surface area contributed by atoms with Gasteiger partial charge in [-0.05, 0) is 17.7 Å². The first-order valence-electron chi connectivity index (χ1n) is 8.06. The predicted octanol–water partition coefficient (Wildman–Crippen LogP) is 3.81. The van der Waals surface area contributed by atoms with Gasteiger partial charge in [-0.25, -0.2) is 19.9 Å². The number of aromatic nitrogens is 4. The maximum absolute atomic E-state index is 13.9. The van der Waals surface area contributed by atoms with Crippen molar-refractivity contribution in [2.75, 3.05) is 7.11 Å². The van der Waals surface area contributed by atoms with Crippen LogP contribution in [0.25, 0.3) is 10.3 Å². The summed E-state index contributed by atoms with van der Waals surface area (Å²) in [6, 6.07) is 15.3. The summed E-state index contributed by atoms with van der Waals surface area (Å²) in [5.74, 6) is 0.547. The van der Waals surface area contributed by atoms with Crippen LogP contribution in [0.15, 0.2) is 48.5 Å². The molecular weight excluding hydrogens is 351 g/mol. The number of benzene rings is 1. The van der Waals surface area contributed by atoms with E-state index in [-0.39, 0.29) is 0 Å². The van der Waals surface area contributed by atoms with Crippen LogP contribution in [0.4, 0.5) is 4.39 Å². The zero-order valence-corrected chi connectivity index (χ0v) is 14.8. The molecule has 26 heavy (non-hydrogen) atoms.